The van der Waals surface area contributed by atoms with E-state index in [1.54, 1.807) is 19.2 Å². The molecular weight excluding hydrogens is 385 g/mol. The van der Waals surface area contributed by atoms with Crippen molar-refractivity contribution < 1.29 is 13.9 Å². The number of ether oxygens (including phenoxy) is 2. The van der Waals surface area contributed by atoms with Gasteiger partial charge in [-0.1, -0.05) is 31.9 Å². The molecule has 0 aliphatic rings. The Morgan fingerprint density at radius 1 is 1.08 bits per heavy atom. The van der Waals surface area contributed by atoms with Gasteiger partial charge in [-0.2, -0.15) is 0 Å². The van der Waals surface area contributed by atoms with Crippen LogP contribution in [-0.2, 0) is 13.2 Å². The summed E-state index contributed by atoms with van der Waals surface area (Å²) in [6.45, 7) is 4.35. The van der Waals surface area contributed by atoms with Crippen LogP contribution in [0.15, 0.2) is 40.9 Å². The largest absolute Gasteiger partial charge is 0.493 e. The van der Waals surface area contributed by atoms with Crippen molar-refractivity contribution in [1.82, 2.24) is 5.32 Å². The molecule has 2 aromatic rings. The second-order valence-corrected chi connectivity index (χ2v) is 6.76. The van der Waals surface area contributed by atoms with Gasteiger partial charge in [-0.05, 0) is 64.3 Å². The van der Waals surface area contributed by atoms with Crippen molar-refractivity contribution in [3.8, 4) is 11.5 Å². The second kappa shape index (κ2) is 10.4. The molecule has 0 radical (unpaired) electrons. The zero-order valence-corrected chi connectivity index (χ0v) is 16.4. The molecule has 0 atom stereocenters. The second-order valence-electron chi connectivity index (χ2n) is 5.91. The van der Waals surface area contributed by atoms with E-state index in [0.717, 1.165) is 28.7 Å². The zero-order valence-electron chi connectivity index (χ0n) is 14.8. The van der Waals surface area contributed by atoms with Crippen molar-refractivity contribution in [2.24, 2.45) is 0 Å². The molecule has 3 nitrogen and oxygen atoms in total. The molecule has 136 valence electrons. The van der Waals surface area contributed by atoms with Crippen LogP contribution in [-0.4, -0.2) is 13.7 Å². The molecule has 0 saturated heterocycles. The van der Waals surface area contributed by atoms with Crippen molar-refractivity contribution in [2.45, 2.75) is 39.3 Å². The topological polar surface area (TPSA) is 30.5 Å². The molecule has 0 unspecified atom stereocenters. The standard InChI is InChI=1S/C20H25BrFNO2/c1-3-4-5-10-23-13-16-11-18(21)20(19(12-16)24-2)25-14-15-6-8-17(22)9-7-15/h6-9,11-12,23H,3-5,10,13-14H2,1-2H3. The molecule has 1 N–H and O–H groups in total. The minimum Gasteiger partial charge on any atom is -0.493 e. The smallest absolute Gasteiger partial charge is 0.175 e. The first-order valence-corrected chi connectivity index (χ1v) is 9.37. The number of hydrogen-bond acceptors (Lipinski definition) is 3. The van der Waals surface area contributed by atoms with Gasteiger partial charge in [0.25, 0.3) is 0 Å². The van der Waals surface area contributed by atoms with Crippen molar-refractivity contribution in [3.05, 3.63) is 57.8 Å². The molecule has 0 amide bonds. The van der Waals surface area contributed by atoms with Crippen LogP contribution in [0.25, 0.3) is 0 Å². The Balaban J connectivity index is 1.99. The molecule has 0 fully saturated rings. The van der Waals surface area contributed by atoms with Gasteiger partial charge in [0.2, 0.25) is 0 Å². The highest BCUT2D eigenvalue weighted by Crippen LogP contribution is 2.37. The number of halogens is 2. The minimum absolute atomic E-state index is 0.252. The highest BCUT2D eigenvalue weighted by Gasteiger charge is 2.12. The summed E-state index contributed by atoms with van der Waals surface area (Å²) in [7, 11) is 1.63. The van der Waals surface area contributed by atoms with Crippen molar-refractivity contribution in [1.29, 1.82) is 0 Å². The monoisotopic (exact) mass is 409 g/mol. The summed E-state index contributed by atoms with van der Waals surface area (Å²) in [5.74, 6) is 1.08. The number of nitrogens with one attached hydrogen (secondary N) is 1. The third-order valence-electron chi connectivity index (χ3n) is 3.87. The zero-order chi connectivity index (χ0) is 18.1. The third-order valence-corrected chi connectivity index (χ3v) is 4.46. The van der Waals surface area contributed by atoms with Gasteiger partial charge in [0, 0.05) is 6.54 Å². The maximum atomic E-state index is 13.0. The minimum atomic E-state index is -0.252. The van der Waals surface area contributed by atoms with Gasteiger partial charge >= 0.3 is 0 Å². The highest BCUT2D eigenvalue weighted by molar-refractivity contribution is 9.10. The maximum Gasteiger partial charge on any atom is 0.175 e. The van der Waals surface area contributed by atoms with Crippen LogP contribution in [0.2, 0.25) is 0 Å². The normalized spacial score (nSPS) is 10.7. The van der Waals surface area contributed by atoms with Crippen LogP contribution in [0.5, 0.6) is 11.5 Å². The Hall–Kier alpha value is -1.59. The van der Waals surface area contributed by atoms with Crippen molar-refractivity contribution >= 4 is 15.9 Å². The van der Waals surface area contributed by atoms with E-state index in [0.29, 0.717) is 18.1 Å². The quantitative estimate of drug-likeness (QED) is 0.528. The van der Waals surface area contributed by atoms with Crippen LogP contribution in [0, 0.1) is 5.82 Å². The van der Waals surface area contributed by atoms with E-state index < -0.39 is 0 Å². The predicted octanol–water partition coefficient (Wildman–Crippen LogP) is 5.46. The van der Waals surface area contributed by atoms with Crippen LogP contribution in [0.3, 0.4) is 0 Å². The number of rotatable bonds is 10. The van der Waals surface area contributed by atoms with Crippen LogP contribution in [0.1, 0.15) is 37.3 Å². The van der Waals surface area contributed by atoms with Gasteiger partial charge in [0.15, 0.2) is 11.5 Å². The third kappa shape index (κ3) is 6.33. The number of benzene rings is 2. The lowest BCUT2D eigenvalue weighted by Gasteiger charge is -2.15. The molecule has 2 rings (SSSR count). The Morgan fingerprint density at radius 2 is 1.84 bits per heavy atom. The average Bonchev–Trinajstić information content (AvgIpc) is 2.61. The Morgan fingerprint density at radius 3 is 2.52 bits per heavy atom. The van der Waals surface area contributed by atoms with Gasteiger partial charge in [0.05, 0.1) is 11.6 Å². The van der Waals surface area contributed by atoms with E-state index in [-0.39, 0.29) is 5.82 Å². The van der Waals surface area contributed by atoms with Gasteiger partial charge < -0.3 is 14.8 Å². The van der Waals surface area contributed by atoms with E-state index in [2.05, 4.69) is 28.2 Å². The van der Waals surface area contributed by atoms with Crippen LogP contribution >= 0.6 is 15.9 Å². The first-order chi connectivity index (χ1) is 12.1. The Kier molecular flexibility index (Phi) is 8.22. The molecule has 25 heavy (non-hydrogen) atoms. The maximum absolute atomic E-state index is 13.0. The summed E-state index contributed by atoms with van der Waals surface area (Å²) in [6, 6.07) is 10.3. The van der Waals surface area contributed by atoms with Crippen LogP contribution in [0.4, 0.5) is 4.39 Å². The van der Waals surface area contributed by atoms with Gasteiger partial charge in [0.1, 0.15) is 12.4 Å². The number of unbranched alkanes of at least 4 members (excludes halogenated alkanes) is 2. The SMILES string of the molecule is CCCCCNCc1cc(Br)c(OCc2ccc(F)cc2)c(OC)c1. The lowest BCUT2D eigenvalue weighted by molar-refractivity contribution is 0.282. The summed E-state index contributed by atoms with van der Waals surface area (Å²) >= 11 is 3.57. The molecule has 2 aromatic carbocycles. The van der Waals surface area contributed by atoms with Gasteiger partial charge in [-0.25, -0.2) is 4.39 Å². The van der Waals surface area contributed by atoms with E-state index in [9.17, 15) is 4.39 Å². The average molecular weight is 410 g/mol. The summed E-state index contributed by atoms with van der Waals surface area (Å²) in [5.41, 5.74) is 2.03. The number of methoxy groups -OCH3 is 1. The first kappa shape index (κ1) is 19.7. The lowest BCUT2D eigenvalue weighted by atomic mass is 10.2. The molecule has 0 spiro atoms. The molecule has 0 aromatic heterocycles. The lowest BCUT2D eigenvalue weighted by Crippen LogP contribution is -2.14. The van der Waals surface area contributed by atoms with Crippen molar-refractivity contribution in [2.75, 3.05) is 13.7 Å². The van der Waals surface area contributed by atoms with E-state index in [1.807, 2.05) is 12.1 Å². The summed E-state index contributed by atoms with van der Waals surface area (Å²) < 4.78 is 25.2. The molecule has 0 aliphatic heterocycles. The fourth-order valence-corrected chi connectivity index (χ4v) is 3.09. The molecule has 5 heteroatoms. The predicted molar refractivity (Wildman–Crippen MR) is 103 cm³/mol. The molecule has 0 bridgehead atoms. The summed E-state index contributed by atoms with van der Waals surface area (Å²) in [5, 5.41) is 3.44. The number of hydrogen-bond donors (Lipinski definition) is 1. The van der Waals surface area contributed by atoms with E-state index in [1.165, 1.54) is 31.4 Å². The fraction of sp³-hybridized carbons (Fsp3) is 0.400. The van der Waals surface area contributed by atoms with Crippen molar-refractivity contribution in [3.63, 3.8) is 0 Å². The van der Waals surface area contributed by atoms with E-state index in [4.69, 9.17) is 9.47 Å². The Bertz CT molecular complexity index is 661. The molecular formula is C20H25BrFNO2. The highest BCUT2D eigenvalue weighted by atomic mass is 79.9. The first-order valence-electron chi connectivity index (χ1n) is 8.58. The Labute approximate surface area is 157 Å². The van der Waals surface area contributed by atoms with Crippen LogP contribution < -0.4 is 14.8 Å². The van der Waals surface area contributed by atoms with Gasteiger partial charge in [-0.15, -0.1) is 0 Å². The fourth-order valence-electron chi connectivity index (χ4n) is 2.48. The summed E-state index contributed by atoms with van der Waals surface area (Å²) in [4.78, 5) is 0. The van der Waals surface area contributed by atoms with Gasteiger partial charge in [-0.3, -0.25) is 0 Å². The molecule has 0 aliphatic carbocycles. The van der Waals surface area contributed by atoms with E-state index >= 15 is 0 Å². The summed E-state index contributed by atoms with van der Waals surface area (Å²) in [6.07, 6.45) is 3.66. The molecule has 0 heterocycles. The molecule has 0 saturated carbocycles.